The molecule has 108 valence electrons. The van der Waals surface area contributed by atoms with E-state index in [-0.39, 0.29) is 17.9 Å². The SMILES string of the molecule is O=C(NC(C(=O)O)c1ccccc1)C1CCS(=O)(=O)C1. The molecular formula is C13H15NO5S. The molecule has 7 heteroatoms. The summed E-state index contributed by atoms with van der Waals surface area (Å²) in [6, 6.07) is 7.14. The molecule has 1 heterocycles. The summed E-state index contributed by atoms with van der Waals surface area (Å²) >= 11 is 0. The molecule has 0 spiro atoms. The molecule has 1 fully saturated rings. The maximum Gasteiger partial charge on any atom is 0.330 e. The van der Waals surface area contributed by atoms with Crippen LogP contribution in [0.1, 0.15) is 18.0 Å². The topological polar surface area (TPSA) is 101 Å². The molecule has 1 aliphatic heterocycles. The monoisotopic (exact) mass is 297 g/mol. The van der Waals surface area contributed by atoms with Gasteiger partial charge in [-0.25, -0.2) is 13.2 Å². The number of benzene rings is 1. The Kier molecular flexibility index (Phi) is 4.08. The fourth-order valence-corrected chi connectivity index (χ4v) is 3.94. The van der Waals surface area contributed by atoms with Gasteiger partial charge in [0.25, 0.3) is 0 Å². The summed E-state index contributed by atoms with van der Waals surface area (Å²) in [5.41, 5.74) is 0.453. The molecule has 1 saturated heterocycles. The molecule has 20 heavy (non-hydrogen) atoms. The first-order valence-corrected chi connectivity index (χ1v) is 8.00. The molecule has 2 atom stereocenters. The third kappa shape index (κ3) is 3.36. The largest absolute Gasteiger partial charge is 0.479 e. The van der Waals surface area contributed by atoms with Crippen LogP contribution in [0.3, 0.4) is 0 Å². The van der Waals surface area contributed by atoms with Gasteiger partial charge < -0.3 is 10.4 Å². The molecule has 0 aliphatic carbocycles. The number of amides is 1. The lowest BCUT2D eigenvalue weighted by Gasteiger charge is -2.17. The third-order valence-corrected chi connectivity index (χ3v) is 5.04. The predicted molar refractivity (Wildman–Crippen MR) is 71.7 cm³/mol. The molecule has 0 bridgehead atoms. The standard InChI is InChI=1S/C13H15NO5S/c15-12(10-6-7-20(18,19)8-10)14-11(13(16)17)9-4-2-1-3-5-9/h1-5,10-11H,6-8H2,(H,14,15)(H,16,17). The zero-order chi connectivity index (χ0) is 14.8. The normalized spacial score (nSPS) is 22.1. The Balaban J connectivity index is 2.10. The first kappa shape index (κ1) is 14.5. The summed E-state index contributed by atoms with van der Waals surface area (Å²) in [6.07, 6.45) is 0.245. The summed E-state index contributed by atoms with van der Waals surface area (Å²) in [6.45, 7) is 0. The Morgan fingerprint density at radius 3 is 2.40 bits per heavy atom. The van der Waals surface area contributed by atoms with Gasteiger partial charge in [-0.1, -0.05) is 30.3 Å². The number of aliphatic carboxylic acids is 1. The fourth-order valence-electron chi connectivity index (χ4n) is 2.20. The lowest BCUT2D eigenvalue weighted by atomic mass is 10.0. The van der Waals surface area contributed by atoms with Crippen molar-refractivity contribution in [3.05, 3.63) is 35.9 Å². The molecular weight excluding hydrogens is 282 g/mol. The van der Waals surface area contributed by atoms with E-state index >= 15 is 0 Å². The summed E-state index contributed by atoms with van der Waals surface area (Å²) in [4.78, 5) is 23.2. The van der Waals surface area contributed by atoms with E-state index in [0.717, 1.165) is 0 Å². The van der Waals surface area contributed by atoms with Crippen LogP contribution in [0, 0.1) is 5.92 Å². The van der Waals surface area contributed by atoms with Crippen molar-refractivity contribution in [2.75, 3.05) is 11.5 Å². The number of hydrogen-bond acceptors (Lipinski definition) is 4. The van der Waals surface area contributed by atoms with Crippen molar-refractivity contribution in [2.24, 2.45) is 5.92 Å². The van der Waals surface area contributed by atoms with E-state index in [1.54, 1.807) is 30.3 Å². The quantitative estimate of drug-likeness (QED) is 0.836. The van der Waals surface area contributed by atoms with Crippen molar-refractivity contribution in [1.29, 1.82) is 0 Å². The van der Waals surface area contributed by atoms with Crippen LogP contribution in [0.4, 0.5) is 0 Å². The van der Waals surface area contributed by atoms with E-state index in [9.17, 15) is 23.1 Å². The second-order valence-electron chi connectivity index (χ2n) is 4.79. The molecule has 1 aromatic rings. The first-order chi connectivity index (χ1) is 9.39. The Morgan fingerprint density at radius 1 is 1.25 bits per heavy atom. The van der Waals surface area contributed by atoms with Gasteiger partial charge in [0.2, 0.25) is 5.91 Å². The number of carboxylic acid groups (broad SMARTS) is 1. The molecule has 0 aromatic heterocycles. The highest BCUT2D eigenvalue weighted by atomic mass is 32.2. The van der Waals surface area contributed by atoms with Gasteiger partial charge in [0.1, 0.15) is 0 Å². The van der Waals surface area contributed by atoms with Gasteiger partial charge in [-0.15, -0.1) is 0 Å². The highest BCUT2D eigenvalue weighted by Crippen LogP contribution is 2.20. The summed E-state index contributed by atoms with van der Waals surface area (Å²) in [5, 5.41) is 11.6. The number of sulfone groups is 1. The van der Waals surface area contributed by atoms with E-state index in [1.165, 1.54) is 0 Å². The van der Waals surface area contributed by atoms with E-state index < -0.39 is 33.7 Å². The lowest BCUT2D eigenvalue weighted by Crippen LogP contribution is -2.38. The minimum Gasteiger partial charge on any atom is -0.479 e. The van der Waals surface area contributed by atoms with E-state index in [0.29, 0.717) is 5.56 Å². The zero-order valence-electron chi connectivity index (χ0n) is 10.7. The Bertz CT molecular complexity index is 611. The molecule has 0 radical (unpaired) electrons. The highest BCUT2D eigenvalue weighted by molar-refractivity contribution is 7.91. The molecule has 2 N–H and O–H groups in total. The lowest BCUT2D eigenvalue weighted by molar-refractivity contribution is -0.142. The number of rotatable bonds is 4. The average Bonchev–Trinajstić information content (AvgIpc) is 2.77. The summed E-state index contributed by atoms with van der Waals surface area (Å²) in [7, 11) is -3.17. The fraction of sp³-hybridized carbons (Fsp3) is 0.385. The van der Waals surface area contributed by atoms with E-state index in [4.69, 9.17) is 0 Å². The van der Waals surface area contributed by atoms with Crippen molar-refractivity contribution in [3.8, 4) is 0 Å². The van der Waals surface area contributed by atoms with Crippen LogP contribution >= 0.6 is 0 Å². The average molecular weight is 297 g/mol. The molecule has 1 aromatic carbocycles. The van der Waals surface area contributed by atoms with Gasteiger partial charge in [0, 0.05) is 0 Å². The molecule has 0 saturated carbocycles. The van der Waals surface area contributed by atoms with Crippen molar-refractivity contribution in [3.63, 3.8) is 0 Å². The van der Waals surface area contributed by atoms with Crippen LogP contribution in [-0.4, -0.2) is 36.9 Å². The second kappa shape index (κ2) is 5.62. The second-order valence-corrected chi connectivity index (χ2v) is 7.02. The molecule has 1 amide bonds. The van der Waals surface area contributed by atoms with Crippen LogP contribution in [0.5, 0.6) is 0 Å². The van der Waals surface area contributed by atoms with E-state index in [2.05, 4.69) is 5.32 Å². The molecule has 6 nitrogen and oxygen atoms in total. The zero-order valence-corrected chi connectivity index (χ0v) is 11.5. The number of carboxylic acids is 1. The molecule has 1 aliphatic rings. The third-order valence-electron chi connectivity index (χ3n) is 3.27. The van der Waals surface area contributed by atoms with Gasteiger partial charge in [-0.3, -0.25) is 4.79 Å². The maximum absolute atomic E-state index is 12.0. The smallest absolute Gasteiger partial charge is 0.330 e. The van der Waals surface area contributed by atoms with Crippen LogP contribution in [0.2, 0.25) is 0 Å². The van der Waals surface area contributed by atoms with Gasteiger partial charge in [0.05, 0.1) is 17.4 Å². The highest BCUT2D eigenvalue weighted by Gasteiger charge is 2.35. The van der Waals surface area contributed by atoms with E-state index in [1.807, 2.05) is 0 Å². The minimum atomic E-state index is -3.17. The van der Waals surface area contributed by atoms with Crippen LogP contribution < -0.4 is 5.32 Å². The van der Waals surface area contributed by atoms with Gasteiger partial charge >= 0.3 is 5.97 Å². The Morgan fingerprint density at radius 2 is 1.90 bits per heavy atom. The molecule has 2 unspecified atom stereocenters. The Labute approximate surface area is 116 Å². The van der Waals surface area contributed by atoms with Crippen LogP contribution in [-0.2, 0) is 19.4 Å². The van der Waals surface area contributed by atoms with Gasteiger partial charge in [0.15, 0.2) is 15.9 Å². The first-order valence-electron chi connectivity index (χ1n) is 6.17. The maximum atomic E-state index is 12.0. The summed E-state index contributed by atoms with van der Waals surface area (Å²) < 4.78 is 22.7. The van der Waals surface area contributed by atoms with Crippen molar-refractivity contribution in [1.82, 2.24) is 5.32 Å². The number of hydrogen-bond donors (Lipinski definition) is 2. The predicted octanol–water partition coefficient (Wildman–Crippen LogP) is 0.363. The van der Waals surface area contributed by atoms with Crippen molar-refractivity contribution in [2.45, 2.75) is 12.5 Å². The number of nitrogens with one attached hydrogen (secondary N) is 1. The van der Waals surface area contributed by atoms with Gasteiger partial charge in [-0.2, -0.15) is 0 Å². The summed E-state index contributed by atoms with van der Waals surface area (Å²) in [5.74, 6) is -2.59. The van der Waals surface area contributed by atoms with Crippen LogP contribution in [0.15, 0.2) is 30.3 Å². The van der Waals surface area contributed by atoms with Crippen molar-refractivity contribution >= 4 is 21.7 Å². The van der Waals surface area contributed by atoms with Gasteiger partial charge in [-0.05, 0) is 12.0 Å². The van der Waals surface area contributed by atoms with Crippen LogP contribution in [0.25, 0.3) is 0 Å². The van der Waals surface area contributed by atoms with Crippen molar-refractivity contribution < 1.29 is 23.1 Å². The number of carbonyl (C=O) groups is 2. The minimum absolute atomic E-state index is 0.0197. The number of carbonyl (C=O) groups excluding carboxylic acids is 1. The molecule has 2 rings (SSSR count). The Hall–Kier alpha value is -1.89.